The molecule has 29 nitrogen and oxygen atoms in total. The molecule has 0 unspecified atom stereocenters. The van der Waals surface area contributed by atoms with Gasteiger partial charge in [-0.25, -0.2) is 0 Å². The molecule has 670 valence electrons. The van der Waals surface area contributed by atoms with Crippen molar-refractivity contribution in [3.05, 3.63) is 287 Å². The number of unbranched alkanes of at least 4 members (excludes halogenated alkanes) is 4. The third-order valence-corrected chi connectivity index (χ3v) is 21.4. The SMILES string of the molecule is C[C@@H](c1ccccc1)N(CC(=O)N(CC(=O)N(CCCCN)CC(=O)N(CC(=O)N(CC(=O)N(CCCCN)CC(=O)N(CC(=O)N(CC(=O)N(CCCCN)CC(=O)N(CC(=O)N(CC(N)=O)Cc1ccccc1)Cc1ccccc1)Cc1ccccc1)Cc1ccccc1)Cc1ccccc1)Cc1ccccc1)Cc1ccccc1)C(=O)CNCCCCN. The third kappa shape index (κ3) is 34.7. The molecular weight excluding hydrogens is 1600 g/mol. The van der Waals surface area contributed by atoms with Gasteiger partial charge in [0.1, 0.15) is 45.8 Å². The van der Waals surface area contributed by atoms with Crippen LogP contribution < -0.4 is 34.0 Å². The van der Waals surface area contributed by atoms with Gasteiger partial charge in [0, 0.05) is 65.4 Å². The highest BCUT2D eigenvalue weighted by atomic mass is 16.2. The lowest BCUT2D eigenvalue weighted by molar-refractivity contribution is -0.150. The number of hydrogen-bond acceptors (Lipinski definition) is 17. The van der Waals surface area contributed by atoms with Crippen LogP contribution in [0.2, 0.25) is 0 Å². The molecular formula is C97H125N17O12. The number of nitrogens with one attached hydrogen (secondary N) is 1. The van der Waals surface area contributed by atoms with Crippen LogP contribution in [0.5, 0.6) is 0 Å². The molecule has 29 heteroatoms. The maximum absolute atomic E-state index is 15.6. The highest BCUT2D eigenvalue weighted by Gasteiger charge is 2.35. The van der Waals surface area contributed by atoms with E-state index in [4.69, 9.17) is 28.7 Å². The zero-order chi connectivity index (χ0) is 90.2. The van der Waals surface area contributed by atoms with Crippen LogP contribution in [-0.2, 0) is 103 Å². The molecule has 1 atom stereocenters. The summed E-state index contributed by atoms with van der Waals surface area (Å²) in [6, 6.07) is 71.7. The zero-order valence-corrected chi connectivity index (χ0v) is 72.6. The van der Waals surface area contributed by atoms with Crippen LogP contribution in [-0.4, -0.2) is 256 Å². The standard InChI is InChI=1S/C97H125N17O12/c1-77(85-48-24-9-25-49-85)114(87(116)58-103-54-30-26-50-98)76-97(126)113(65-84-46-22-8-23-47-84)72-90(119)106(57-33-29-53-101)69-93(122)112(64-83-44-20-7-21-45-83)75-96(125)109(61-80-38-14-4-15-39-80)71-89(118)105(56-32-28-52-100)68-92(121)111(63-82-42-18-6-19-43-82)74-95(124)108(60-79-36-12-3-13-37-79)70-88(117)104(55-31-27-51-99)67-91(120)110(62-81-40-16-5-17-41-81)73-94(123)107(66-86(102)115)59-78-34-10-2-11-35-78/h2-25,34-49,77,103H,26-33,50-76,98-101H2,1H3,(H2,102,115)/t77-/m0/s1. The Kier molecular flexibility index (Phi) is 42.9. The summed E-state index contributed by atoms with van der Waals surface area (Å²) in [5, 5.41) is 3.20. The van der Waals surface area contributed by atoms with E-state index in [2.05, 4.69) is 5.32 Å². The number of amides is 12. The van der Waals surface area contributed by atoms with E-state index in [0.717, 1.165) is 24.0 Å². The van der Waals surface area contributed by atoms with Crippen LogP contribution in [0.3, 0.4) is 0 Å². The normalized spacial score (nSPS) is 11.2. The molecule has 0 bridgehead atoms. The molecule has 0 aliphatic rings. The lowest BCUT2D eigenvalue weighted by atomic mass is 10.1. The molecule has 0 saturated heterocycles. The van der Waals surface area contributed by atoms with E-state index in [0.29, 0.717) is 85.0 Å². The summed E-state index contributed by atoms with van der Waals surface area (Å²) in [5.41, 5.74) is 35.0. The molecule has 0 spiro atoms. The zero-order valence-electron chi connectivity index (χ0n) is 72.6. The largest absolute Gasteiger partial charge is 0.368 e. The van der Waals surface area contributed by atoms with Crippen molar-refractivity contribution in [2.75, 3.05) is 131 Å². The second-order valence-electron chi connectivity index (χ2n) is 31.3. The molecule has 0 radical (unpaired) electrons. The molecule has 0 saturated carbocycles. The minimum absolute atomic E-state index is 0.0104. The Morgan fingerprint density at radius 2 is 0.444 bits per heavy atom. The summed E-state index contributed by atoms with van der Waals surface area (Å²) >= 11 is 0. The molecule has 0 aliphatic heterocycles. The Balaban J connectivity index is 1.06. The van der Waals surface area contributed by atoms with Crippen molar-refractivity contribution in [3.63, 3.8) is 0 Å². The van der Waals surface area contributed by atoms with Crippen molar-refractivity contribution in [3.8, 4) is 0 Å². The topological polar surface area (TPSA) is 383 Å². The van der Waals surface area contributed by atoms with Crippen LogP contribution in [0.15, 0.2) is 243 Å². The predicted molar refractivity (Wildman–Crippen MR) is 485 cm³/mol. The van der Waals surface area contributed by atoms with Gasteiger partial charge >= 0.3 is 0 Å². The first kappa shape index (κ1) is 98.6. The molecule has 12 amide bonds. The van der Waals surface area contributed by atoms with Gasteiger partial charge in [-0.3, -0.25) is 57.5 Å². The molecule has 8 rings (SSSR count). The molecule has 8 aromatic rings. The Morgan fingerprint density at radius 3 is 0.675 bits per heavy atom. The number of carbonyl (C=O) groups excluding carboxylic acids is 12. The monoisotopic (exact) mass is 1720 g/mol. The summed E-state index contributed by atoms with van der Waals surface area (Å²) < 4.78 is 0. The van der Waals surface area contributed by atoms with Crippen molar-refractivity contribution < 1.29 is 57.5 Å². The molecule has 0 aliphatic carbocycles. The van der Waals surface area contributed by atoms with Gasteiger partial charge in [-0.15, -0.1) is 0 Å². The number of nitrogens with zero attached hydrogens (tertiary/aromatic N) is 11. The maximum Gasteiger partial charge on any atom is 0.242 e. The first-order valence-corrected chi connectivity index (χ1v) is 43.3. The fourth-order valence-corrected chi connectivity index (χ4v) is 14.3. The predicted octanol–water partition coefficient (Wildman–Crippen LogP) is 6.29. The average molecular weight is 1720 g/mol. The van der Waals surface area contributed by atoms with Crippen molar-refractivity contribution in [2.45, 2.75) is 110 Å². The number of benzene rings is 8. The van der Waals surface area contributed by atoms with E-state index in [1.807, 2.05) is 85.8 Å². The minimum atomic E-state index is -0.756. The van der Waals surface area contributed by atoms with E-state index in [9.17, 15) is 19.2 Å². The van der Waals surface area contributed by atoms with Crippen LogP contribution >= 0.6 is 0 Å². The molecule has 126 heavy (non-hydrogen) atoms. The number of primary amides is 1. The Morgan fingerprint density at radius 1 is 0.246 bits per heavy atom. The van der Waals surface area contributed by atoms with Crippen LogP contribution in [0.1, 0.15) is 109 Å². The van der Waals surface area contributed by atoms with Gasteiger partial charge in [-0.1, -0.05) is 243 Å². The van der Waals surface area contributed by atoms with Gasteiger partial charge in [-0.05, 0) is 136 Å². The van der Waals surface area contributed by atoms with E-state index >= 15 is 38.4 Å². The second-order valence-corrected chi connectivity index (χ2v) is 31.3. The first-order valence-electron chi connectivity index (χ1n) is 43.3. The molecule has 0 heterocycles. The second kappa shape index (κ2) is 54.7. The van der Waals surface area contributed by atoms with E-state index < -0.39 is 136 Å². The lowest BCUT2D eigenvalue weighted by Crippen LogP contribution is -2.52. The van der Waals surface area contributed by atoms with Gasteiger partial charge in [0.05, 0.1) is 38.8 Å². The van der Waals surface area contributed by atoms with E-state index in [1.54, 1.807) is 164 Å². The minimum Gasteiger partial charge on any atom is -0.368 e. The van der Waals surface area contributed by atoms with Gasteiger partial charge in [0.2, 0.25) is 70.9 Å². The van der Waals surface area contributed by atoms with Crippen LogP contribution in [0.4, 0.5) is 0 Å². The van der Waals surface area contributed by atoms with Gasteiger partial charge in [-0.2, -0.15) is 0 Å². The summed E-state index contributed by atoms with van der Waals surface area (Å²) in [5.74, 6) is -7.25. The molecule has 0 fully saturated rings. The summed E-state index contributed by atoms with van der Waals surface area (Å²) in [4.78, 5) is 194. The van der Waals surface area contributed by atoms with Gasteiger partial charge in [0.15, 0.2) is 0 Å². The Hall–Kier alpha value is -12.8. The maximum atomic E-state index is 15.6. The molecule has 0 aromatic heterocycles. The summed E-state index contributed by atoms with van der Waals surface area (Å²) in [6.45, 7) is -2.62. The number of nitrogens with two attached hydrogens (primary N) is 5. The average Bonchev–Trinajstić information content (AvgIpc) is 0.835. The Bertz CT molecular complexity index is 4670. The van der Waals surface area contributed by atoms with Crippen molar-refractivity contribution in [1.82, 2.24) is 59.2 Å². The smallest absolute Gasteiger partial charge is 0.242 e. The first-order chi connectivity index (χ1) is 61.1. The fraction of sp³-hybridized carbons (Fsp3) is 0.381. The number of carbonyl (C=O) groups is 12. The summed E-state index contributed by atoms with van der Waals surface area (Å²) in [6.07, 6.45) is 3.98. The van der Waals surface area contributed by atoms with Gasteiger partial charge in [0.25, 0.3) is 0 Å². The van der Waals surface area contributed by atoms with Crippen LogP contribution in [0.25, 0.3) is 0 Å². The van der Waals surface area contributed by atoms with Gasteiger partial charge < -0.3 is 87.9 Å². The fourth-order valence-electron chi connectivity index (χ4n) is 14.3. The Labute approximate surface area is 740 Å². The van der Waals surface area contributed by atoms with E-state index in [-0.39, 0.29) is 104 Å². The molecule has 11 N–H and O–H groups in total. The highest BCUT2D eigenvalue weighted by molar-refractivity contribution is 5.95. The lowest BCUT2D eigenvalue weighted by Gasteiger charge is -2.34. The third-order valence-electron chi connectivity index (χ3n) is 21.4. The number of rotatable bonds is 56. The quantitative estimate of drug-likeness (QED) is 0.0228. The van der Waals surface area contributed by atoms with Crippen LogP contribution in [0, 0.1) is 0 Å². The summed E-state index contributed by atoms with van der Waals surface area (Å²) in [7, 11) is 0. The van der Waals surface area contributed by atoms with E-state index in [1.165, 1.54) is 53.9 Å². The van der Waals surface area contributed by atoms with Crippen molar-refractivity contribution in [1.29, 1.82) is 0 Å². The van der Waals surface area contributed by atoms with Crippen molar-refractivity contribution in [2.24, 2.45) is 28.7 Å². The molecule has 8 aromatic carbocycles. The number of hydrogen-bond donors (Lipinski definition) is 6. The van der Waals surface area contributed by atoms with Crippen molar-refractivity contribution >= 4 is 70.9 Å². The highest BCUT2D eigenvalue weighted by Crippen LogP contribution is 2.23.